The zero-order valence-electron chi connectivity index (χ0n) is 13.8. The molecule has 1 aliphatic heterocycles. The molecule has 2 aromatic carbocycles. The first kappa shape index (κ1) is 15.4. The van der Waals surface area contributed by atoms with Crippen molar-refractivity contribution in [2.45, 2.75) is 13.0 Å². The van der Waals surface area contributed by atoms with Crippen molar-refractivity contribution in [2.24, 2.45) is 0 Å². The van der Waals surface area contributed by atoms with E-state index >= 15 is 0 Å². The summed E-state index contributed by atoms with van der Waals surface area (Å²) >= 11 is 0. The van der Waals surface area contributed by atoms with Gasteiger partial charge in [0.15, 0.2) is 0 Å². The summed E-state index contributed by atoms with van der Waals surface area (Å²) in [5.41, 5.74) is 2.22. The van der Waals surface area contributed by atoms with Gasteiger partial charge in [0.2, 0.25) is 0 Å². The van der Waals surface area contributed by atoms with Gasteiger partial charge in [-0.05, 0) is 41.8 Å². The van der Waals surface area contributed by atoms with Crippen LogP contribution >= 0.6 is 0 Å². The van der Waals surface area contributed by atoms with Crippen LogP contribution in [0.2, 0.25) is 0 Å². The summed E-state index contributed by atoms with van der Waals surface area (Å²) in [5, 5.41) is 0.743. The molecule has 0 spiro atoms. The number of rotatable bonds is 2. The van der Waals surface area contributed by atoms with Crippen molar-refractivity contribution in [3.8, 4) is 5.75 Å². The number of carbonyl (C=O) groups excluding carboxylic acids is 1. The van der Waals surface area contributed by atoms with Crippen LogP contribution in [-0.2, 0) is 13.0 Å². The molecule has 0 fully saturated rings. The van der Waals surface area contributed by atoms with E-state index in [1.54, 1.807) is 30.2 Å². The van der Waals surface area contributed by atoms with E-state index in [2.05, 4.69) is 0 Å². The van der Waals surface area contributed by atoms with Gasteiger partial charge < -0.3 is 14.1 Å². The minimum atomic E-state index is -0.593. The molecule has 4 rings (SSSR count). The number of ether oxygens (including phenoxy) is 1. The van der Waals surface area contributed by atoms with E-state index in [0.29, 0.717) is 18.7 Å². The second kappa shape index (κ2) is 6.09. The van der Waals surface area contributed by atoms with Crippen LogP contribution in [0.15, 0.2) is 57.7 Å². The standard InChI is InChI=1S/C20H17NO4/c1-24-16-7-6-15-12-21(9-8-13(15)10-16)19(22)17-11-14-4-2-3-5-18(14)25-20(17)23/h2-7,10-11H,8-9,12H2,1H3. The predicted octanol–water partition coefficient (Wildman–Crippen LogP) is 3.00. The van der Waals surface area contributed by atoms with Crippen molar-refractivity contribution in [1.29, 1.82) is 0 Å². The maximum atomic E-state index is 12.8. The first-order valence-corrected chi connectivity index (χ1v) is 8.13. The summed E-state index contributed by atoms with van der Waals surface area (Å²) in [6, 6.07) is 14.7. The van der Waals surface area contributed by atoms with Gasteiger partial charge in [-0.2, -0.15) is 0 Å². The molecule has 3 aromatic rings. The molecule has 0 bridgehead atoms. The van der Waals surface area contributed by atoms with E-state index < -0.39 is 5.63 Å². The molecule has 2 heterocycles. The van der Waals surface area contributed by atoms with Gasteiger partial charge in [-0.15, -0.1) is 0 Å². The smallest absolute Gasteiger partial charge is 0.349 e. The molecule has 0 aliphatic carbocycles. The molecular weight excluding hydrogens is 318 g/mol. The number of methoxy groups -OCH3 is 1. The minimum Gasteiger partial charge on any atom is -0.497 e. The first-order valence-electron chi connectivity index (χ1n) is 8.13. The maximum Gasteiger partial charge on any atom is 0.349 e. The van der Waals surface area contributed by atoms with Crippen LogP contribution < -0.4 is 10.4 Å². The van der Waals surface area contributed by atoms with Gasteiger partial charge in [-0.3, -0.25) is 4.79 Å². The summed E-state index contributed by atoms with van der Waals surface area (Å²) in [6.07, 6.45) is 0.733. The molecular formula is C20H17NO4. The number of hydrogen-bond acceptors (Lipinski definition) is 4. The maximum absolute atomic E-state index is 12.8. The van der Waals surface area contributed by atoms with Crippen molar-refractivity contribution in [3.63, 3.8) is 0 Å². The van der Waals surface area contributed by atoms with Gasteiger partial charge in [0.05, 0.1) is 7.11 Å². The number of benzene rings is 2. The van der Waals surface area contributed by atoms with Gasteiger partial charge >= 0.3 is 5.63 Å². The Morgan fingerprint density at radius 1 is 1.12 bits per heavy atom. The van der Waals surface area contributed by atoms with Crippen molar-refractivity contribution in [3.05, 3.63) is 75.6 Å². The Hall–Kier alpha value is -3.08. The molecule has 0 saturated carbocycles. The molecule has 1 aliphatic rings. The third-order valence-electron chi connectivity index (χ3n) is 4.58. The van der Waals surface area contributed by atoms with Crippen LogP contribution in [0.1, 0.15) is 21.5 Å². The lowest BCUT2D eigenvalue weighted by molar-refractivity contribution is 0.0730. The topological polar surface area (TPSA) is 59.8 Å². The van der Waals surface area contributed by atoms with Crippen LogP contribution in [0.5, 0.6) is 5.75 Å². The fourth-order valence-corrected chi connectivity index (χ4v) is 3.21. The lowest BCUT2D eigenvalue weighted by Crippen LogP contribution is -2.38. The predicted molar refractivity (Wildman–Crippen MR) is 93.9 cm³/mol. The Labute approximate surface area is 144 Å². The molecule has 0 radical (unpaired) electrons. The largest absolute Gasteiger partial charge is 0.497 e. The van der Waals surface area contributed by atoms with E-state index in [-0.39, 0.29) is 11.5 Å². The highest BCUT2D eigenvalue weighted by Crippen LogP contribution is 2.24. The third-order valence-corrected chi connectivity index (χ3v) is 4.58. The molecule has 5 nitrogen and oxygen atoms in total. The van der Waals surface area contributed by atoms with Crippen molar-refractivity contribution >= 4 is 16.9 Å². The molecule has 0 atom stereocenters. The highest BCUT2D eigenvalue weighted by atomic mass is 16.5. The summed E-state index contributed by atoms with van der Waals surface area (Å²) in [4.78, 5) is 26.7. The molecule has 1 aromatic heterocycles. The zero-order chi connectivity index (χ0) is 17.4. The second-order valence-electron chi connectivity index (χ2n) is 6.10. The van der Waals surface area contributed by atoms with Gasteiger partial charge in [0.1, 0.15) is 16.9 Å². The average Bonchev–Trinajstić information content (AvgIpc) is 2.66. The van der Waals surface area contributed by atoms with Gasteiger partial charge in [-0.1, -0.05) is 24.3 Å². The molecule has 0 saturated heterocycles. The summed E-state index contributed by atoms with van der Waals surface area (Å²) in [5.74, 6) is 0.523. The van der Waals surface area contributed by atoms with Crippen LogP contribution in [-0.4, -0.2) is 24.5 Å². The lowest BCUT2D eigenvalue weighted by Gasteiger charge is -2.29. The zero-order valence-corrected chi connectivity index (χ0v) is 13.8. The van der Waals surface area contributed by atoms with E-state index in [1.165, 1.54) is 5.56 Å². The van der Waals surface area contributed by atoms with E-state index in [1.807, 2.05) is 30.3 Å². The van der Waals surface area contributed by atoms with Crippen LogP contribution in [0.3, 0.4) is 0 Å². The van der Waals surface area contributed by atoms with E-state index in [0.717, 1.165) is 23.1 Å². The summed E-state index contributed by atoms with van der Waals surface area (Å²) < 4.78 is 10.5. The number of nitrogens with zero attached hydrogens (tertiary/aromatic N) is 1. The van der Waals surface area contributed by atoms with Crippen molar-refractivity contribution < 1.29 is 13.9 Å². The molecule has 126 valence electrons. The molecule has 25 heavy (non-hydrogen) atoms. The Morgan fingerprint density at radius 2 is 1.96 bits per heavy atom. The molecule has 5 heteroatoms. The first-order chi connectivity index (χ1) is 12.2. The Bertz CT molecular complexity index is 1020. The summed E-state index contributed by atoms with van der Waals surface area (Å²) in [6.45, 7) is 1.04. The number of fused-ring (bicyclic) bond motifs is 2. The minimum absolute atomic E-state index is 0.0793. The summed E-state index contributed by atoms with van der Waals surface area (Å²) in [7, 11) is 1.64. The molecule has 0 unspecified atom stereocenters. The normalized spacial score (nSPS) is 13.6. The van der Waals surface area contributed by atoms with E-state index in [4.69, 9.17) is 9.15 Å². The van der Waals surface area contributed by atoms with Gasteiger partial charge in [0.25, 0.3) is 5.91 Å². The number of para-hydroxylation sites is 1. The lowest BCUT2D eigenvalue weighted by atomic mass is 9.99. The Balaban J connectivity index is 1.65. The SMILES string of the molecule is COc1ccc2c(c1)CCN(C(=O)c1cc3ccccc3oc1=O)C2. The monoisotopic (exact) mass is 335 g/mol. The Kier molecular flexibility index (Phi) is 3.76. The van der Waals surface area contributed by atoms with Crippen LogP contribution in [0.4, 0.5) is 0 Å². The fourth-order valence-electron chi connectivity index (χ4n) is 3.21. The number of carbonyl (C=O) groups is 1. The van der Waals surface area contributed by atoms with Gasteiger partial charge in [-0.25, -0.2) is 4.79 Å². The highest BCUT2D eigenvalue weighted by Gasteiger charge is 2.25. The average molecular weight is 335 g/mol. The highest BCUT2D eigenvalue weighted by molar-refractivity contribution is 5.96. The van der Waals surface area contributed by atoms with Crippen LogP contribution in [0, 0.1) is 0 Å². The van der Waals surface area contributed by atoms with Crippen LogP contribution in [0.25, 0.3) is 11.0 Å². The second-order valence-corrected chi connectivity index (χ2v) is 6.10. The van der Waals surface area contributed by atoms with Crippen molar-refractivity contribution in [2.75, 3.05) is 13.7 Å². The van der Waals surface area contributed by atoms with Gasteiger partial charge in [0, 0.05) is 18.5 Å². The molecule has 1 amide bonds. The van der Waals surface area contributed by atoms with E-state index in [9.17, 15) is 9.59 Å². The number of amides is 1. The fraction of sp³-hybridized carbons (Fsp3) is 0.200. The Morgan fingerprint density at radius 3 is 2.80 bits per heavy atom. The van der Waals surface area contributed by atoms with Crippen molar-refractivity contribution in [1.82, 2.24) is 4.90 Å². The third kappa shape index (κ3) is 2.78. The number of hydrogen-bond donors (Lipinski definition) is 0. The molecule has 0 N–H and O–H groups in total. The quantitative estimate of drug-likeness (QED) is 0.676.